The summed E-state index contributed by atoms with van der Waals surface area (Å²) in [6.07, 6.45) is 3.86. The summed E-state index contributed by atoms with van der Waals surface area (Å²) in [4.78, 5) is 11.2. The molecule has 0 saturated heterocycles. The Bertz CT molecular complexity index is 335. The molecule has 1 amide bonds. The van der Waals surface area contributed by atoms with Crippen LogP contribution in [0.4, 0.5) is 5.82 Å². The number of nitrogens with zero attached hydrogens (tertiary/aromatic N) is 1. The normalized spacial score (nSPS) is 10.3. The molecule has 1 aromatic rings. The summed E-state index contributed by atoms with van der Waals surface area (Å²) in [5, 5.41) is 15.0. The predicted octanol–water partition coefficient (Wildman–Crippen LogP) is 0.844. The first-order valence-corrected chi connectivity index (χ1v) is 4.97. The lowest BCUT2D eigenvalue weighted by atomic mass is 10.1. The monoisotopic (exact) mass is 212 g/mol. The summed E-state index contributed by atoms with van der Waals surface area (Å²) in [6.45, 7) is 2.10. The van der Waals surface area contributed by atoms with Gasteiger partial charge < -0.3 is 5.73 Å². The zero-order chi connectivity index (χ0) is 11.3. The van der Waals surface area contributed by atoms with Gasteiger partial charge in [-0.15, -0.1) is 0 Å². The molecule has 6 nitrogen and oxygen atoms in total. The van der Waals surface area contributed by atoms with Crippen molar-refractivity contribution < 1.29 is 10.0 Å². The Kier molecular flexibility index (Phi) is 4.11. The first-order chi connectivity index (χ1) is 7.20. The fourth-order valence-electron chi connectivity index (χ4n) is 1.44. The van der Waals surface area contributed by atoms with Crippen LogP contribution in [0.3, 0.4) is 0 Å². The van der Waals surface area contributed by atoms with E-state index in [1.54, 1.807) is 5.48 Å². The number of rotatable bonds is 5. The summed E-state index contributed by atoms with van der Waals surface area (Å²) < 4.78 is 0. The fourth-order valence-corrected chi connectivity index (χ4v) is 1.44. The van der Waals surface area contributed by atoms with Crippen molar-refractivity contribution >= 4 is 11.7 Å². The third kappa shape index (κ3) is 2.69. The van der Waals surface area contributed by atoms with Gasteiger partial charge >= 0.3 is 0 Å². The van der Waals surface area contributed by atoms with Gasteiger partial charge in [0, 0.05) is 0 Å². The number of amides is 1. The summed E-state index contributed by atoms with van der Waals surface area (Å²) in [6, 6.07) is 0. The minimum absolute atomic E-state index is 0.119. The van der Waals surface area contributed by atoms with Crippen LogP contribution >= 0.6 is 0 Å². The molecular weight excluding hydrogens is 196 g/mol. The maximum absolute atomic E-state index is 11.2. The van der Waals surface area contributed by atoms with E-state index in [-0.39, 0.29) is 11.4 Å². The van der Waals surface area contributed by atoms with Crippen molar-refractivity contribution in [2.24, 2.45) is 0 Å². The van der Waals surface area contributed by atoms with Crippen molar-refractivity contribution in [3.05, 3.63) is 11.3 Å². The van der Waals surface area contributed by atoms with Gasteiger partial charge in [0.2, 0.25) is 0 Å². The largest absolute Gasteiger partial charge is 0.382 e. The number of carbonyl (C=O) groups excluding carboxylic acids is 1. The molecule has 84 valence electrons. The Morgan fingerprint density at radius 2 is 2.33 bits per heavy atom. The lowest BCUT2D eigenvalue weighted by Crippen LogP contribution is -2.20. The number of H-pyrrole nitrogens is 1. The average molecular weight is 212 g/mol. The molecule has 1 aromatic heterocycles. The molecule has 0 unspecified atom stereocenters. The summed E-state index contributed by atoms with van der Waals surface area (Å²) in [5.41, 5.74) is 7.99. The molecule has 1 rings (SSSR count). The fraction of sp³-hybridized carbons (Fsp3) is 0.556. The molecule has 0 aliphatic carbocycles. The number of nitrogens with two attached hydrogens (primary N) is 1. The molecule has 0 bridgehead atoms. The zero-order valence-corrected chi connectivity index (χ0v) is 8.71. The molecule has 6 heteroatoms. The second-order valence-electron chi connectivity index (χ2n) is 3.36. The molecule has 15 heavy (non-hydrogen) atoms. The van der Waals surface area contributed by atoms with Crippen LogP contribution < -0.4 is 11.2 Å². The number of nitrogen functional groups attached to an aromatic ring is 1. The van der Waals surface area contributed by atoms with Gasteiger partial charge in [0.05, 0.1) is 5.69 Å². The predicted molar refractivity (Wildman–Crippen MR) is 55.5 cm³/mol. The van der Waals surface area contributed by atoms with Crippen molar-refractivity contribution in [1.82, 2.24) is 15.7 Å². The summed E-state index contributed by atoms with van der Waals surface area (Å²) in [7, 11) is 0. The SMILES string of the molecule is CCCCCc1[nH]nc(N)c1C(=O)NO. The number of hydrogen-bond donors (Lipinski definition) is 4. The number of carbonyl (C=O) groups is 1. The Balaban J connectivity index is 2.75. The number of aromatic amines is 1. The first kappa shape index (κ1) is 11.5. The number of aromatic nitrogens is 2. The van der Waals surface area contributed by atoms with Crippen molar-refractivity contribution in [3.8, 4) is 0 Å². The second-order valence-corrected chi connectivity index (χ2v) is 3.36. The highest BCUT2D eigenvalue weighted by Crippen LogP contribution is 2.15. The van der Waals surface area contributed by atoms with E-state index >= 15 is 0 Å². The van der Waals surface area contributed by atoms with E-state index in [4.69, 9.17) is 10.9 Å². The molecule has 0 atom stereocenters. The first-order valence-electron chi connectivity index (χ1n) is 4.97. The molecule has 0 spiro atoms. The highest BCUT2D eigenvalue weighted by molar-refractivity contribution is 5.98. The van der Waals surface area contributed by atoms with Gasteiger partial charge in [0.1, 0.15) is 5.56 Å². The third-order valence-corrected chi connectivity index (χ3v) is 2.23. The minimum Gasteiger partial charge on any atom is -0.382 e. The quantitative estimate of drug-likeness (QED) is 0.330. The molecule has 0 radical (unpaired) electrons. The highest BCUT2D eigenvalue weighted by Gasteiger charge is 2.17. The van der Waals surface area contributed by atoms with Crippen molar-refractivity contribution in [2.45, 2.75) is 32.6 Å². The van der Waals surface area contributed by atoms with Gasteiger partial charge in [-0.05, 0) is 12.8 Å². The number of hydrogen-bond acceptors (Lipinski definition) is 4. The Hall–Kier alpha value is -1.56. The van der Waals surface area contributed by atoms with E-state index in [2.05, 4.69) is 17.1 Å². The number of unbranched alkanes of at least 4 members (excludes halogenated alkanes) is 2. The van der Waals surface area contributed by atoms with Crippen molar-refractivity contribution in [3.63, 3.8) is 0 Å². The van der Waals surface area contributed by atoms with Gasteiger partial charge in [-0.3, -0.25) is 15.1 Å². The van der Waals surface area contributed by atoms with Crippen LogP contribution in [0.1, 0.15) is 42.2 Å². The lowest BCUT2D eigenvalue weighted by Gasteiger charge is -2.01. The average Bonchev–Trinajstić information content (AvgIpc) is 2.59. The van der Waals surface area contributed by atoms with Gasteiger partial charge in [0.15, 0.2) is 5.82 Å². The number of aryl methyl sites for hydroxylation is 1. The zero-order valence-electron chi connectivity index (χ0n) is 8.71. The van der Waals surface area contributed by atoms with Crippen LogP contribution in [0.2, 0.25) is 0 Å². The number of hydroxylamine groups is 1. The maximum Gasteiger partial charge on any atom is 0.280 e. The number of anilines is 1. The van der Waals surface area contributed by atoms with E-state index in [0.29, 0.717) is 12.1 Å². The Morgan fingerprint density at radius 3 is 2.93 bits per heavy atom. The molecular formula is C9H16N4O2. The van der Waals surface area contributed by atoms with Gasteiger partial charge in [0.25, 0.3) is 5.91 Å². The van der Waals surface area contributed by atoms with E-state index in [1.165, 1.54) is 0 Å². The standard InChI is InChI=1S/C9H16N4O2/c1-2-3-4-5-6-7(9(14)13-15)8(10)12-11-6/h15H,2-5H2,1H3,(H,13,14)(H3,10,11,12). The van der Waals surface area contributed by atoms with Crippen LogP contribution in [0.25, 0.3) is 0 Å². The topological polar surface area (TPSA) is 104 Å². The van der Waals surface area contributed by atoms with Gasteiger partial charge in [-0.1, -0.05) is 19.8 Å². The van der Waals surface area contributed by atoms with Crippen LogP contribution in [0.15, 0.2) is 0 Å². The second kappa shape index (κ2) is 5.35. The minimum atomic E-state index is -0.618. The smallest absolute Gasteiger partial charge is 0.280 e. The van der Waals surface area contributed by atoms with Crippen LogP contribution in [0, 0.1) is 0 Å². The third-order valence-electron chi connectivity index (χ3n) is 2.23. The van der Waals surface area contributed by atoms with E-state index in [0.717, 1.165) is 19.3 Å². The van der Waals surface area contributed by atoms with E-state index in [9.17, 15) is 4.79 Å². The molecule has 0 saturated carbocycles. The van der Waals surface area contributed by atoms with E-state index in [1.807, 2.05) is 0 Å². The van der Waals surface area contributed by atoms with Gasteiger partial charge in [-0.25, -0.2) is 5.48 Å². The summed E-state index contributed by atoms with van der Waals surface area (Å²) >= 11 is 0. The lowest BCUT2D eigenvalue weighted by molar-refractivity contribution is 0.0706. The van der Waals surface area contributed by atoms with Crippen molar-refractivity contribution in [1.29, 1.82) is 0 Å². The maximum atomic E-state index is 11.2. The Labute approximate surface area is 87.8 Å². The van der Waals surface area contributed by atoms with Crippen molar-refractivity contribution in [2.75, 3.05) is 5.73 Å². The van der Waals surface area contributed by atoms with Crippen LogP contribution in [0.5, 0.6) is 0 Å². The molecule has 1 heterocycles. The molecule has 0 fully saturated rings. The summed E-state index contributed by atoms with van der Waals surface area (Å²) in [5.74, 6) is -0.499. The van der Waals surface area contributed by atoms with Crippen LogP contribution in [-0.4, -0.2) is 21.3 Å². The van der Waals surface area contributed by atoms with E-state index < -0.39 is 5.91 Å². The van der Waals surface area contributed by atoms with Gasteiger partial charge in [-0.2, -0.15) is 5.10 Å². The highest BCUT2D eigenvalue weighted by atomic mass is 16.5. The van der Waals surface area contributed by atoms with Crippen LogP contribution in [-0.2, 0) is 6.42 Å². The molecule has 0 aromatic carbocycles. The molecule has 5 N–H and O–H groups in total. The number of nitrogens with one attached hydrogen (secondary N) is 2. The molecule has 0 aliphatic rings. The molecule has 0 aliphatic heterocycles. The Morgan fingerprint density at radius 1 is 1.60 bits per heavy atom.